The third kappa shape index (κ3) is 2.41. The first kappa shape index (κ1) is 11.8. The normalized spacial score (nSPS) is 9.62. The standard InChI is InChI=1S/C10H9NO5/c1-5(12)6-3-7(9(13)14)11-8(4-6)10(15)16-2/h3-4H,1-2H3,(H,13,14). The number of pyridine rings is 1. The number of carbonyl (C=O) groups is 3. The van der Waals surface area contributed by atoms with Crippen molar-refractivity contribution in [1.29, 1.82) is 0 Å². The van der Waals surface area contributed by atoms with Crippen molar-refractivity contribution in [3.05, 3.63) is 29.1 Å². The molecule has 0 bridgehead atoms. The van der Waals surface area contributed by atoms with Crippen molar-refractivity contribution in [1.82, 2.24) is 4.98 Å². The van der Waals surface area contributed by atoms with E-state index in [0.29, 0.717) is 0 Å². The number of methoxy groups -OCH3 is 1. The van der Waals surface area contributed by atoms with Gasteiger partial charge in [0.05, 0.1) is 7.11 Å². The summed E-state index contributed by atoms with van der Waals surface area (Å²) in [4.78, 5) is 36.6. The quantitative estimate of drug-likeness (QED) is 0.600. The van der Waals surface area contributed by atoms with Crippen LogP contribution in [0.5, 0.6) is 0 Å². The van der Waals surface area contributed by atoms with Gasteiger partial charge in [0.1, 0.15) is 11.4 Å². The largest absolute Gasteiger partial charge is 0.477 e. The smallest absolute Gasteiger partial charge is 0.356 e. The maximum Gasteiger partial charge on any atom is 0.356 e. The molecular formula is C10H9NO5. The molecule has 0 aliphatic heterocycles. The van der Waals surface area contributed by atoms with E-state index in [1.807, 2.05) is 0 Å². The Balaban J connectivity index is 3.35. The number of Topliss-reactive ketones (excluding diaryl/α,β-unsaturated/α-hetero) is 1. The SMILES string of the molecule is COC(=O)c1cc(C(C)=O)cc(C(=O)O)n1. The summed E-state index contributed by atoms with van der Waals surface area (Å²) in [7, 11) is 1.14. The van der Waals surface area contributed by atoms with Crippen molar-refractivity contribution in [2.75, 3.05) is 7.11 Å². The summed E-state index contributed by atoms with van der Waals surface area (Å²) in [6.45, 7) is 1.27. The van der Waals surface area contributed by atoms with Gasteiger partial charge in [-0.2, -0.15) is 0 Å². The molecule has 1 aromatic heterocycles. The van der Waals surface area contributed by atoms with E-state index in [-0.39, 0.29) is 22.7 Å². The van der Waals surface area contributed by atoms with Gasteiger partial charge in [-0.3, -0.25) is 4.79 Å². The second kappa shape index (κ2) is 4.52. The van der Waals surface area contributed by atoms with Gasteiger partial charge in [0, 0.05) is 5.56 Å². The Bertz CT molecular complexity index is 434. The molecule has 1 N–H and O–H groups in total. The highest BCUT2D eigenvalue weighted by molar-refractivity contribution is 5.99. The summed E-state index contributed by atoms with van der Waals surface area (Å²) in [6, 6.07) is 2.30. The van der Waals surface area contributed by atoms with E-state index in [1.54, 1.807) is 0 Å². The van der Waals surface area contributed by atoms with E-state index in [0.717, 1.165) is 13.2 Å². The molecule has 6 heteroatoms. The zero-order valence-electron chi connectivity index (χ0n) is 8.68. The molecule has 0 radical (unpaired) electrons. The average molecular weight is 223 g/mol. The second-order valence-electron chi connectivity index (χ2n) is 2.98. The Labute approximate surface area is 90.9 Å². The molecule has 0 atom stereocenters. The van der Waals surface area contributed by atoms with Crippen LogP contribution in [0.15, 0.2) is 12.1 Å². The number of nitrogens with zero attached hydrogens (tertiary/aromatic N) is 1. The van der Waals surface area contributed by atoms with Crippen molar-refractivity contribution < 1.29 is 24.2 Å². The predicted molar refractivity (Wildman–Crippen MR) is 52.5 cm³/mol. The predicted octanol–water partition coefficient (Wildman–Crippen LogP) is 0.769. The van der Waals surface area contributed by atoms with Crippen LogP contribution in [0.2, 0.25) is 0 Å². The third-order valence-electron chi connectivity index (χ3n) is 1.85. The molecule has 0 unspecified atom stereocenters. The summed E-state index contributed by atoms with van der Waals surface area (Å²) in [6.07, 6.45) is 0. The number of carbonyl (C=O) groups excluding carboxylic acids is 2. The lowest BCUT2D eigenvalue weighted by molar-refractivity contribution is 0.0593. The Morgan fingerprint density at radius 1 is 1.25 bits per heavy atom. The van der Waals surface area contributed by atoms with Crippen LogP contribution in [-0.4, -0.2) is 34.9 Å². The summed E-state index contributed by atoms with van der Waals surface area (Å²) >= 11 is 0. The molecule has 0 aliphatic carbocycles. The third-order valence-corrected chi connectivity index (χ3v) is 1.85. The van der Waals surface area contributed by atoms with E-state index in [4.69, 9.17) is 5.11 Å². The van der Waals surface area contributed by atoms with Crippen molar-refractivity contribution in [3.8, 4) is 0 Å². The zero-order valence-corrected chi connectivity index (χ0v) is 8.68. The summed E-state index contributed by atoms with van der Waals surface area (Å²) in [5.41, 5.74) is -0.464. The maximum atomic E-state index is 11.2. The molecule has 0 spiro atoms. The van der Waals surface area contributed by atoms with Gasteiger partial charge in [-0.15, -0.1) is 0 Å². The van der Waals surface area contributed by atoms with E-state index in [9.17, 15) is 14.4 Å². The van der Waals surface area contributed by atoms with Gasteiger partial charge in [0.2, 0.25) is 0 Å². The van der Waals surface area contributed by atoms with Gasteiger partial charge in [-0.1, -0.05) is 0 Å². The fourth-order valence-electron chi connectivity index (χ4n) is 1.05. The van der Waals surface area contributed by atoms with E-state index >= 15 is 0 Å². The Kier molecular flexibility index (Phi) is 3.34. The Morgan fingerprint density at radius 2 is 1.81 bits per heavy atom. The van der Waals surface area contributed by atoms with Crippen LogP contribution in [-0.2, 0) is 4.74 Å². The molecular weight excluding hydrogens is 214 g/mol. The van der Waals surface area contributed by atoms with Gasteiger partial charge in [0.25, 0.3) is 0 Å². The van der Waals surface area contributed by atoms with E-state index < -0.39 is 11.9 Å². The Morgan fingerprint density at radius 3 is 2.25 bits per heavy atom. The first-order valence-electron chi connectivity index (χ1n) is 4.30. The molecule has 0 saturated heterocycles. The van der Waals surface area contributed by atoms with Crippen molar-refractivity contribution in [2.24, 2.45) is 0 Å². The molecule has 0 saturated carbocycles. The van der Waals surface area contributed by atoms with Crippen LogP contribution in [0.25, 0.3) is 0 Å². The minimum absolute atomic E-state index is 0.104. The van der Waals surface area contributed by atoms with Gasteiger partial charge in [-0.05, 0) is 19.1 Å². The van der Waals surface area contributed by atoms with E-state index in [2.05, 4.69) is 9.72 Å². The average Bonchev–Trinajstić information content (AvgIpc) is 2.27. The van der Waals surface area contributed by atoms with Crippen LogP contribution in [0.1, 0.15) is 38.3 Å². The van der Waals surface area contributed by atoms with E-state index in [1.165, 1.54) is 13.0 Å². The fourth-order valence-corrected chi connectivity index (χ4v) is 1.05. The van der Waals surface area contributed by atoms with Crippen molar-refractivity contribution in [3.63, 3.8) is 0 Å². The maximum absolute atomic E-state index is 11.2. The molecule has 0 aliphatic rings. The number of carboxylic acid groups (broad SMARTS) is 1. The molecule has 1 heterocycles. The number of aromatic nitrogens is 1. The first-order chi connectivity index (χ1) is 7.45. The second-order valence-corrected chi connectivity index (χ2v) is 2.98. The lowest BCUT2D eigenvalue weighted by Crippen LogP contribution is -2.11. The molecule has 6 nitrogen and oxygen atoms in total. The minimum atomic E-state index is -1.31. The zero-order chi connectivity index (χ0) is 12.3. The summed E-state index contributed by atoms with van der Waals surface area (Å²) < 4.78 is 4.40. The van der Waals surface area contributed by atoms with Crippen LogP contribution in [0, 0.1) is 0 Å². The lowest BCUT2D eigenvalue weighted by atomic mass is 10.1. The molecule has 0 aromatic carbocycles. The highest BCUT2D eigenvalue weighted by Gasteiger charge is 2.15. The van der Waals surface area contributed by atoms with Crippen LogP contribution < -0.4 is 0 Å². The minimum Gasteiger partial charge on any atom is -0.477 e. The summed E-state index contributed by atoms with van der Waals surface area (Å²) in [5, 5.41) is 8.74. The number of rotatable bonds is 3. The highest BCUT2D eigenvalue weighted by Crippen LogP contribution is 2.08. The number of carboxylic acids is 1. The first-order valence-corrected chi connectivity index (χ1v) is 4.30. The van der Waals surface area contributed by atoms with Gasteiger partial charge >= 0.3 is 11.9 Å². The molecule has 84 valence electrons. The van der Waals surface area contributed by atoms with Crippen molar-refractivity contribution >= 4 is 17.7 Å². The molecule has 0 amide bonds. The number of aromatic carboxylic acids is 1. The monoisotopic (exact) mass is 223 g/mol. The Hall–Kier alpha value is -2.24. The van der Waals surface area contributed by atoms with Crippen LogP contribution >= 0.6 is 0 Å². The molecule has 0 fully saturated rings. The number of ether oxygens (including phenoxy) is 1. The molecule has 1 rings (SSSR count). The lowest BCUT2D eigenvalue weighted by Gasteiger charge is -2.03. The van der Waals surface area contributed by atoms with Crippen LogP contribution in [0.4, 0.5) is 0 Å². The molecule has 16 heavy (non-hydrogen) atoms. The van der Waals surface area contributed by atoms with Crippen LogP contribution in [0.3, 0.4) is 0 Å². The highest BCUT2D eigenvalue weighted by atomic mass is 16.5. The fraction of sp³-hybridized carbons (Fsp3) is 0.200. The van der Waals surface area contributed by atoms with Crippen molar-refractivity contribution in [2.45, 2.75) is 6.92 Å². The number of hydrogen-bond donors (Lipinski definition) is 1. The number of hydrogen-bond acceptors (Lipinski definition) is 5. The van der Waals surface area contributed by atoms with Gasteiger partial charge in [-0.25, -0.2) is 14.6 Å². The van der Waals surface area contributed by atoms with Gasteiger partial charge in [0.15, 0.2) is 5.78 Å². The molecule has 1 aromatic rings. The topological polar surface area (TPSA) is 93.6 Å². The number of esters is 1. The van der Waals surface area contributed by atoms with Gasteiger partial charge < -0.3 is 9.84 Å². The number of ketones is 1. The summed E-state index contributed by atoms with van der Waals surface area (Å²) in [5.74, 6) is -2.45.